The molecular weight excluding hydrogens is 225 g/mol. The van der Waals surface area contributed by atoms with Crippen molar-refractivity contribution in [1.82, 2.24) is 5.32 Å². The monoisotopic (exact) mass is 239 g/mol. The lowest BCUT2D eigenvalue weighted by Gasteiger charge is -2.12. The molecule has 1 aliphatic heterocycles. The summed E-state index contributed by atoms with van der Waals surface area (Å²) in [6, 6.07) is 3.78. The first kappa shape index (κ1) is 11.7. The summed E-state index contributed by atoms with van der Waals surface area (Å²) in [5, 5.41) is 5.27. The fourth-order valence-electron chi connectivity index (χ4n) is 1.61. The van der Waals surface area contributed by atoms with Crippen LogP contribution >= 0.6 is 0 Å². The maximum atomic E-state index is 13.1. The Balaban J connectivity index is 1.90. The molecule has 1 unspecified atom stereocenters. The fourth-order valence-corrected chi connectivity index (χ4v) is 1.61. The molecule has 17 heavy (non-hydrogen) atoms. The lowest BCUT2D eigenvalue weighted by atomic mass is 10.2. The van der Waals surface area contributed by atoms with Crippen LogP contribution in [-0.2, 0) is 4.74 Å². The van der Waals surface area contributed by atoms with Crippen molar-refractivity contribution in [3.63, 3.8) is 0 Å². The van der Waals surface area contributed by atoms with Crippen LogP contribution in [0.2, 0.25) is 0 Å². The molecule has 4 N–H and O–H groups in total. The summed E-state index contributed by atoms with van der Waals surface area (Å²) < 4.78 is 18.2. The van der Waals surface area contributed by atoms with E-state index < -0.39 is 5.82 Å². The van der Waals surface area contributed by atoms with Gasteiger partial charge in [-0.05, 0) is 24.6 Å². The van der Waals surface area contributed by atoms with Gasteiger partial charge in [0.25, 0.3) is 0 Å². The van der Waals surface area contributed by atoms with E-state index in [1.807, 2.05) is 0 Å². The van der Waals surface area contributed by atoms with E-state index in [-0.39, 0.29) is 17.8 Å². The Morgan fingerprint density at radius 2 is 2.35 bits per heavy atom. The van der Waals surface area contributed by atoms with E-state index in [9.17, 15) is 9.18 Å². The van der Waals surface area contributed by atoms with Gasteiger partial charge in [0.1, 0.15) is 5.82 Å². The van der Waals surface area contributed by atoms with Crippen molar-refractivity contribution in [2.24, 2.45) is 0 Å². The molecule has 0 spiro atoms. The molecule has 1 fully saturated rings. The van der Waals surface area contributed by atoms with Gasteiger partial charge in [-0.2, -0.15) is 0 Å². The van der Waals surface area contributed by atoms with Crippen LogP contribution in [0.3, 0.4) is 0 Å². The Hall–Kier alpha value is -1.82. The third kappa shape index (κ3) is 3.07. The van der Waals surface area contributed by atoms with Crippen molar-refractivity contribution in [1.29, 1.82) is 0 Å². The van der Waals surface area contributed by atoms with Gasteiger partial charge in [-0.15, -0.1) is 0 Å². The second kappa shape index (κ2) is 5.01. The normalized spacial score (nSPS) is 19.0. The summed E-state index contributed by atoms with van der Waals surface area (Å²) in [7, 11) is 0. The number of halogens is 1. The van der Waals surface area contributed by atoms with E-state index in [0.29, 0.717) is 18.9 Å². The molecule has 2 amide bonds. The Morgan fingerprint density at radius 3 is 3.00 bits per heavy atom. The van der Waals surface area contributed by atoms with E-state index in [0.717, 1.165) is 6.42 Å². The molecule has 1 aromatic rings. The number of anilines is 2. The van der Waals surface area contributed by atoms with Crippen molar-refractivity contribution in [3.05, 3.63) is 24.0 Å². The molecule has 0 radical (unpaired) electrons. The van der Waals surface area contributed by atoms with Crippen LogP contribution in [0.4, 0.5) is 20.6 Å². The molecule has 0 bridgehead atoms. The predicted molar refractivity (Wildman–Crippen MR) is 62.2 cm³/mol. The number of hydrogen-bond donors (Lipinski definition) is 3. The second-order valence-electron chi connectivity index (χ2n) is 3.90. The number of nitrogens with one attached hydrogen (secondary N) is 2. The van der Waals surface area contributed by atoms with Gasteiger partial charge in [-0.1, -0.05) is 0 Å². The third-order valence-electron chi connectivity index (χ3n) is 2.52. The van der Waals surface area contributed by atoms with Crippen molar-refractivity contribution in [3.8, 4) is 0 Å². The molecule has 0 aromatic heterocycles. The van der Waals surface area contributed by atoms with Crippen LogP contribution in [0.15, 0.2) is 18.2 Å². The molecule has 1 aliphatic rings. The number of urea groups is 1. The van der Waals surface area contributed by atoms with Crippen molar-refractivity contribution < 1.29 is 13.9 Å². The SMILES string of the molecule is Nc1ccc(NC(=O)NC2CCOC2)cc1F. The minimum absolute atomic E-state index is 0.0219. The van der Waals surface area contributed by atoms with Gasteiger partial charge in [0.05, 0.1) is 18.3 Å². The van der Waals surface area contributed by atoms with Gasteiger partial charge in [-0.25, -0.2) is 9.18 Å². The van der Waals surface area contributed by atoms with Crippen LogP contribution in [0.1, 0.15) is 6.42 Å². The zero-order valence-electron chi connectivity index (χ0n) is 9.20. The van der Waals surface area contributed by atoms with Gasteiger partial charge < -0.3 is 21.1 Å². The Labute approximate surface area is 98.1 Å². The summed E-state index contributed by atoms with van der Waals surface area (Å²) in [5.74, 6) is -0.549. The first-order valence-electron chi connectivity index (χ1n) is 5.35. The first-order chi connectivity index (χ1) is 8.15. The van der Waals surface area contributed by atoms with Crippen LogP contribution < -0.4 is 16.4 Å². The highest BCUT2D eigenvalue weighted by Crippen LogP contribution is 2.15. The number of benzene rings is 1. The molecule has 2 rings (SSSR count). The van der Waals surface area contributed by atoms with Crippen LogP contribution in [0, 0.1) is 5.82 Å². The van der Waals surface area contributed by atoms with Gasteiger partial charge in [0.15, 0.2) is 0 Å². The summed E-state index contributed by atoms with van der Waals surface area (Å²) in [6.07, 6.45) is 0.795. The number of rotatable bonds is 2. The van der Waals surface area contributed by atoms with Crippen molar-refractivity contribution in [2.45, 2.75) is 12.5 Å². The Bertz CT molecular complexity index is 419. The van der Waals surface area contributed by atoms with Crippen LogP contribution in [-0.4, -0.2) is 25.3 Å². The molecule has 5 nitrogen and oxygen atoms in total. The Kier molecular flexibility index (Phi) is 3.43. The van der Waals surface area contributed by atoms with E-state index in [4.69, 9.17) is 10.5 Å². The van der Waals surface area contributed by atoms with Gasteiger partial charge in [-0.3, -0.25) is 0 Å². The molecule has 0 saturated carbocycles. The van der Waals surface area contributed by atoms with Crippen molar-refractivity contribution in [2.75, 3.05) is 24.3 Å². The summed E-state index contributed by atoms with van der Waals surface area (Å²) in [4.78, 5) is 11.5. The number of ether oxygens (including phenoxy) is 1. The zero-order valence-corrected chi connectivity index (χ0v) is 9.20. The molecule has 6 heteroatoms. The maximum absolute atomic E-state index is 13.1. The molecule has 1 atom stereocenters. The molecule has 1 saturated heterocycles. The van der Waals surface area contributed by atoms with E-state index in [2.05, 4.69) is 10.6 Å². The van der Waals surface area contributed by atoms with Crippen LogP contribution in [0.25, 0.3) is 0 Å². The molecule has 1 heterocycles. The minimum atomic E-state index is -0.549. The topological polar surface area (TPSA) is 76.4 Å². The predicted octanol–water partition coefficient (Wildman–Crippen LogP) is 1.32. The molecular formula is C11H14FN3O2. The van der Waals surface area contributed by atoms with Gasteiger partial charge in [0.2, 0.25) is 0 Å². The highest BCUT2D eigenvalue weighted by Gasteiger charge is 2.17. The lowest BCUT2D eigenvalue weighted by Crippen LogP contribution is -2.38. The van der Waals surface area contributed by atoms with Gasteiger partial charge >= 0.3 is 6.03 Å². The lowest BCUT2D eigenvalue weighted by molar-refractivity contribution is 0.189. The number of carbonyl (C=O) groups is 1. The number of amides is 2. The Morgan fingerprint density at radius 1 is 1.53 bits per heavy atom. The first-order valence-corrected chi connectivity index (χ1v) is 5.35. The minimum Gasteiger partial charge on any atom is -0.396 e. The average molecular weight is 239 g/mol. The molecule has 1 aromatic carbocycles. The summed E-state index contributed by atoms with van der Waals surface area (Å²) in [6.45, 7) is 1.17. The van der Waals surface area contributed by atoms with Gasteiger partial charge in [0, 0.05) is 12.3 Å². The highest BCUT2D eigenvalue weighted by molar-refractivity contribution is 5.89. The third-order valence-corrected chi connectivity index (χ3v) is 2.52. The molecule has 92 valence electrons. The summed E-state index contributed by atoms with van der Waals surface area (Å²) in [5.41, 5.74) is 5.76. The second-order valence-corrected chi connectivity index (χ2v) is 3.90. The standard InChI is InChI=1S/C11H14FN3O2/c12-9-5-7(1-2-10(9)13)14-11(16)15-8-3-4-17-6-8/h1-2,5,8H,3-4,6,13H2,(H2,14,15,16). The fraction of sp³-hybridized carbons (Fsp3) is 0.364. The quantitative estimate of drug-likeness (QED) is 0.681. The average Bonchev–Trinajstić information content (AvgIpc) is 2.76. The number of nitrogen functional groups attached to an aromatic ring is 1. The van der Waals surface area contributed by atoms with Crippen molar-refractivity contribution >= 4 is 17.4 Å². The van der Waals surface area contributed by atoms with E-state index in [1.165, 1.54) is 12.1 Å². The smallest absolute Gasteiger partial charge is 0.319 e. The maximum Gasteiger partial charge on any atom is 0.319 e. The number of hydrogen-bond acceptors (Lipinski definition) is 3. The largest absolute Gasteiger partial charge is 0.396 e. The number of carbonyl (C=O) groups excluding carboxylic acids is 1. The number of nitrogens with two attached hydrogens (primary N) is 1. The summed E-state index contributed by atoms with van der Waals surface area (Å²) >= 11 is 0. The molecule has 0 aliphatic carbocycles. The van der Waals surface area contributed by atoms with E-state index in [1.54, 1.807) is 6.07 Å². The highest BCUT2D eigenvalue weighted by atomic mass is 19.1. The zero-order chi connectivity index (χ0) is 12.3. The van der Waals surface area contributed by atoms with Crippen LogP contribution in [0.5, 0.6) is 0 Å². The van der Waals surface area contributed by atoms with E-state index >= 15 is 0 Å².